The van der Waals surface area contributed by atoms with Gasteiger partial charge in [-0.25, -0.2) is 4.39 Å². The van der Waals surface area contributed by atoms with Crippen molar-refractivity contribution in [3.8, 4) is 11.4 Å². The van der Waals surface area contributed by atoms with Gasteiger partial charge in [-0.2, -0.15) is 4.98 Å². The fraction of sp³-hybridized carbons (Fsp3) is 0.400. The number of carbonyl (C=O) groups excluding carboxylic acids is 1. The van der Waals surface area contributed by atoms with Gasteiger partial charge in [0.1, 0.15) is 5.82 Å². The molecule has 168 valence electrons. The maximum atomic E-state index is 13.2. The third-order valence-corrected chi connectivity index (χ3v) is 6.17. The average Bonchev–Trinajstić information content (AvgIpc) is 3.26. The second-order valence-corrected chi connectivity index (χ2v) is 8.67. The average molecular weight is 437 g/mol. The van der Waals surface area contributed by atoms with E-state index in [1.54, 1.807) is 12.1 Å². The van der Waals surface area contributed by atoms with Crippen LogP contribution < -0.4 is 5.32 Å². The molecule has 1 aliphatic rings. The normalized spacial score (nSPS) is 17.8. The third-order valence-electron chi connectivity index (χ3n) is 6.17. The van der Waals surface area contributed by atoms with E-state index in [1.165, 1.54) is 23.3 Å². The lowest BCUT2D eigenvalue weighted by atomic mass is 9.98. The zero-order valence-electron chi connectivity index (χ0n) is 18.8. The first kappa shape index (κ1) is 22.1. The number of aryl methyl sites for hydroxylation is 2. The summed E-state index contributed by atoms with van der Waals surface area (Å²) in [4.78, 5) is 19.3. The number of piperidine rings is 1. The Morgan fingerprint density at radius 1 is 1.22 bits per heavy atom. The molecule has 32 heavy (non-hydrogen) atoms. The zero-order chi connectivity index (χ0) is 22.7. The molecule has 6 nitrogen and oxygen atoms in total. The summed E-state index contributed by atoms with van der Waals surface area (Å²) in [6, 6.07) is 12.3. The Hall–Kier alpha value is -3.06. The lowest BCUT2D eigenvalue weighted by molar-refractivity contribution is -0.123. The van der Waals surface area contributed by atoms with Crippen LogP contribution in [0.1, 0.15) is 54.3 Å². The molecule has 0 spiro atoms. The van der Waals surface area contributed by atoms with Gasteiger partial charge in [0.15, 0.2) is 0 Å². The lowest BCUT2D eigenvalue weighted by Crippen LogP contribution is -2.42. The van der Waals surface area contributed by atoms with Crippen LogP contribution in [-0.2, 0) is 4.79 Å². The Morgan fingerprint density at radius 3 is 2.75 bits per heavy atom. The second-order valence-electron chi connectivity index (χ2n) is 8.67. The highest BCUT2D eigenvalue weighted by Crippen LogP contribution is 2.27. The number of rotatable bonds is 6. The molecule has 2 heterocycles. The molecule has 1 fully saturated rings. The Labute approximate surface area is 187 Å². The van der Waals surface area contributed by atoms with Gasteiger partial charge in [-0.1, -0.05) is 23.4 Å². The first-order valence-electron chi connectivity index (χ1n) is 11.1. The number of hydrogen-bond donors (Lipinski definition) is 1. The largest absolute Gasteiger partial charge is 0.348 e. The molecule has 0 aliphatic carbocycles. The molecule has 1 aliphatic heterocycles. The summed E-state index contributed by atoms with van der Waals surface area (Å²) in [5.74, 6) is 0.810. The predicted octanol–water partition coefficient (Wildman–Crippen LogP) is 4.55. The van der Waals surface area contributed by atoms with E-state index in [2.05, 4.69) is 52.4 Å². The third kappa shape index (κ3) is 5.22. The highest BCUT2D eigenvalue weighted by atomic mass is 19.1. The summed E-state index contributed by atoms with van der Waals surface area (Å²) >= 11 is 0. The molecule has 0 bridgehead atoms. The van der Waals surface area contributed by atoms with Crippen molar-refractivity contribution in [1.29, 1.82) is 0 Å². The Kier molecular flexibility index (Phi) is 6.65. The van der Waals surface area contributed by atoms with E-state index < -0.39 is 0 Å². The number of likely N-dealkylation sites (tertiary alicyclic amines) is 1. The smallest absolute Gasteiger partial charge is 0.234 e. The minimum atomic E-state index is -0.300. The fourth-order valence-corrected chi connectivity index (χ4v) is 4.13. The number of halogens is 1. The minimum absolute atomic E-state index is 0.00825. The second kappa shape index (κ2) is 9.61. The van der Waals surface area contributed by atoms with Gasteiger partial charge in [-0.05, 0) is 81.1 Å². The van der Waals surface area contributed by atoms with Gasteiger partial charge in [-0.3, -0.25) is 9.69 Å². The van der Waals surface area contributed by atoms with Crippen molar-refractivity contribution in [1.82, 2.24) is 20.4 Å². The molecule has 1 saturated heterocycles. The van der Waals surface area contributed by atoms with E-state index in [9.17, 15) is 9.18 Å². The van der Waals surface area contributed by atoms with Gasteiger partial charge in [0, 0.05) is 12.1 Å². The van der Waals surface area contributed by atoms with Crippen LogP contribution in [0.25, 0.3) is 11.4 Å². The predicted molar refractivity (Wildman–Crippen MR) is 121 cm³/mol. The van der Waals surface area contributed by atoms with Crippen molar-refractivity contribution >= 4 is 5.91 Å². The monoisotopic (exact) mass is 436 g/mol. The topological polar surface area (TPSA) is 71.3 Å². The molecule has 7 heteroatoms. The van der Waals surface area contributed by atoms with Gasteiger partial charge in [0.25, 0.3) is 0 Å². The summed E-state index contributed by atoms with van der Waals surface area (Å²) in [5.41, 5.74) is 4.29. The van der Waals surface area contributed by atoms with Crippen LogP contribution >= 0.6 is 0 Å². The molecule has 2 aromatic carbocycles. The standard InChI is InChI=1S/C25H29FN4O2/c1-16-6-7-20(13-17(16)2)18(3)27-23(31)15-30-12-4-5-21(14-30)25-28-24(29-32-25)19-8-10-22(26)11-9-19/h6-11,13,18,21H,4-5,12,14-15H2,1-3H3,(H,27,31). The number of nitrogens with zero attached hydrogens (tertiary/aromatic N) is 3. The van der Waals surface area contributed by atoms with E-state index in [0.29, 0.717) is 30.4 Å². The molecule has 0 radical (unpaired) electrons. The van der Waals surface area contributed by atoms with Gasteiger partial charge < -0.3 is 9.84 Å². The SMILES string of the molecule is Cc1ccc(C(C)NC(=O)CN2CCCC(c3nc(-c4ccc(F)cc4)no3)C2)cc1C. The minimum Gasteiger partial charge on any atom is -0.348 e. The molecule has 1 aromatic heterocycles. The molecule has 0 saturated carbocycles. The Morgan fingerprint density at radius 2 is 2.00 bits per heavy atom. The van der Waals surface area contributed by atoms with Gasteiger partial charge in [0.2, 0.25) is 17.6 Å². The molecule has 1 amide bonds. The lowest BCUT2D eigenvalue weighted by Gasteiger charge is -2.30. The zero-order valence-corrected chi connectivity index (χ0v) is 18.8. The van der Waals surface area contributed by atoms with Crippen molar-refractivity contribution in [3.05, 3.63) is 70.9 Å². The first-order chi connectivity index (χ1) is 15.4. The molecule has 4 rings (SSSR count). The van der Waals surface area contributed by atoms with E-state index in [4.69, 9.17) is 4.52 Å². The summed E-state index contributed by atoms with van der Waals surface area (Å²) in [6.07, 6.45) is 1.89. The number of aromatic nitrogens is 2. The van der Waals surface area contributed by atoms with Crippen LogP contribution in [0.3, 0.4) is 0 Å². The van der Waals surface area contributed by atoms with Gasteiger partial charge in [-0.15, -0.1) is 0 Å². The van der Waals surface area contributed by atoms with Crippen molar-refractivity contribution in [2.24, 2.45) is 0 Å². The molecular weight excluding hydrogens is 407 g/mol. The summed E-state index contributed by atoms with van der Waals surface area (Å²) in [5, 5.41) is 7.17. The van der Waals surface area contributed by atoms with Gasteiger partial charge in [0.05, 0.1) is 18.5 Å². The Bertz CT molecular complexity index is 1080. The fourth-order valence-electron chi connectivity index (χ4n) is 4.13. The maximum absolute atomic E-state index is 13.2. The highest BCUT2D eigenvalue weighted by Gasteiger charge is 2.27. The van der Waals surface area contributed by atoms with Crippen LogP contribution in [0.5, 0.6) is 0 Å². The summed E-state index contributed by atoms with van der Waals surface area (Å²) in [6.45, 7) is 8.07. The number of amides is 1. The molecule has 2 unspecified atom stereocenters. The number of hydrogen-bond acceptors (Lipinski definition) is 5. The number of carbonyl (C=O) groups is 1. The van der Waals surface area contributed by atoms with Crippen molar-refractivity contribution in [3.63, 3.8) is 0 Å². The van der Waals surface area contributed by atoms with Crippen molar-refractivity contribution in [2.75, 3.05) is 19.6 Å². The van der Waals surface area contributed by atoms with E-state index in [1.807, 2.05) is 6.92 Å². The van der Waals surface area contributed by atoms with Crippen molar-refractivity contribution in [2.45, 2.75) is 45.6 Å². The molecule has 2 atom stereocenters. The molecular formula is C25H29FN4O2. The number of nitrogens with one attached hydrogen (secondary N) is 1. The van der Waals surface area contributed by atoms with E-state index >= 15 is 0 Å². The molecule has 3 aromatic rings. The number of benzene rings is 2. The highest BCUT2D eigenvalue weighted by molar-refractivity contribution is 5.78. The summed E-state index contributed by atoms with van der Waals surface area (Å²) in [7, 11) is 0. The quantitative estimate of drug-likeness (QED) is 0.614. The van der Waals surface area contributed by atoms with Crippen molar-refractivity contribution < 1.29 is 13.7 Å². The maximum Gasteiger partial charge on any atom is 0.234 e. The van der Waals surface area contributed by atoms with E-state index in [-0.39, 0.29) is 23.7 Å². The van der Waals surface area contributed by atoms with Crippen LogP contribution in [0.4, 0.5) is 4.39 Å². The van der Waals surface area contributed by atoms with Crippen LogP contribution in [0.2, 0.25) is 0 Å². The van der Waals surface area contributed by atoms with Crippen LogP contribution in [0, 0.1) is 19.7 Å². The van der Waals surface area contributed by atoms with E-state index in [0.717, 1.165) is 24.9 Å². The van der Waals surface area contributed by atoms with Crippen LogP contribution in [0.15, 0.2) is 47.0 Å². The van der Waals surface area contributed by atoms with Crippen LogP contribution in [-0.4, -0.2) is 40.6 Å². The summed E-state index contributed by atoms with van der Waals surface area (Å²) < 4.78 is 18.7. The molecule has 1 N–H and O–H groups in total. The Balaban J connectivity index is 1.34. The first-order valence-corrected chi connectivity index (χ1v) is 11.1. The van der Waals surface area contributed by atoms with Gasteiger partial charge >= 0.3 is 0 Å².